The summed E-state index contributed by atoms with van der Waals surface area (Å²) >= 11 is 15.6. The average molecular weight is 655 g/mol. The summed E-state index contributed by atoms with van der Waals surface area (Å²) in [7, 11) is 0. The van der Waals surface area contributed by atoms with Crippen molar-refractivity contribution in [3.63, 3.8) is 0 Å². The van der Waals surface area contributed by atoms with E-state index in [1.54, 1.807) is 0 Å². The number of hydrogen-bond acceptors (Lipinski definition) is 0. The number of rotatable bonds is 0. The molecule has 0 aliphatic rings. The quantitative estimate of drug-likeness (QED) is 0.248. The van der Waals surface area contributed by atoms with E-state index in [2.05, 4.69) is 31.9 Å². The van der Waals surface area contributed by atoms with Gasteiger partial charge >= 0.3 is 24.7 Å². The molecule has 0 N–H and O–H groups in total. The van der Waals surface area contributed by atoms with Crippen LogP contribution in [-0.4, -0.2) is 0 Å². The third-order valence-corrected chi connectivity index (χ3v) is 5.84. The summed E-state index contributed by atoms with van der Waals surface area (Å²) in [5, 5.41) is -1.58. The van der Waals surface area contributed by atoms with Crippen molar-refractivity contribution in [1.29, 1.82) is 0 Å². The van der Waals surface area contributed by atoms with E-state index >= 15 is 0 Å². The summed E-state index contributed by atoms with van der Waals surface area (Å²) in [5.41, 5.74) is -5.85. The largest absolute Gasteiger partial charge is 0.417 e. The molecule has 0 nitrogen and oxygen atoms in total. The highest BCUT2D eigenvalue weighted by Gasteiger charge is 2.40. The lowest BCUT2D eigenvalue weighted by Crippen LogP contribution is -2.11. The lowest BCUT2D eigenvalue weighted by Gasteiger charge is -2.14. The van der Waals surface area contributed by atoms with Gasteiger partial charge in [-0.2, -0.15) is 52.7 Å². The summed E-state index contributed by atoms with van der Waals surface area (Å²) in [6.45, 7) is 0. The van der Waals surface area contributed by atoms with E-state index in [1.165, 1.54) is 0 Å². The number of benzene rings is 2. The van der Waals surface area contributed by atoms with Gasteiger partial charge in [-0.25, -0.2) is 0 Å². The Morgan fingerprint density at radius 2 is 0.719 bits per heavy atom. The number of halogens is 16. The summed E-state index contributed by atoms with van der Waals surface area (Å²) < 4.78 is 146. The van der Waals surface area contributed by atoms with E-state index in [0.29, 0.717) is 12.1 Å². The first-order valence-electron chi connectivity index (χ1n) is 7.33. The number of alkyl halides is 12. The Balaban J connectivity index is 0.000000320. The fourth-order valence-electron chi connectivity index (χ4n) is 1.92. The van der Waals surface area contributed by atoms with Crippen molar-refractivity contribution in [2.75, 3.05) is 0 Å². The van der Waals surface area contributed by atoms with Gasteiger partial charge in [-0.15, -0.1) is 0 Å². The Labute approximate surface area is 197 Å². The van der Waals surface area contributed by atoms with Crippen LogP contribution in [0.4, 0.5) is 52.7 Å². The third-order valence-electron chi connectivity index (χ3n) is 3.32. The van der Waals surface area contributed by atoms with Crippen LogP contribution in [0, 0.1) is 0 Å². The normalized spacial score (nSPS) is 13.0. The van der Waals surface area contributed by atoms with Crippen molar-refractivity contribution in [2.45, 2.75) is 24.7 Å². The van der Waals surface area contributed by atoms with E-state index < -0.39 is 65.9 Å². The summed E-state index contributed by atoms with van der Waals surface area (Å²) in [6, 6.07) is 0.954. The molecule has 0 atom stereocenters. The van der Waals surface area contributed by atoms with Crippen LogP contribution < -0.4 is 0 Å². The highest BCUT2D eigenvalue weighted by molar-refractivity contribution is 9.10. The molecule has 0 fully saturated rings. The maximum Gasteiger partial charge on any atom is 0.417 e. The van der Waals surface area contributed by atoms with E-state index in [4.69, 9.17) is 23.2 Å². The maximum atomic E-state index is 12.3. The zero-order valence-corrected chi connectivity index (χ0v) is 19.0. The average Bonchev–Trinajstić information content (AvgIpc) is 2.56. The molecule has 0 aromatic heterocycles. The molecule has 0 radical (unpaired) electrons. The fraction of sp³-hybridized carbons (Fsp3) is 0.250. The molecule has 2 rings (SSSR count). The SMILES string of the molecule is FC(F)(F)c1cc(Br)c(Cl)c(C(F)(F)F)c1.FC(F)(F)c1cc(Br)c(Cl)c(C(F)(F)F)c1. The monoisotopic (exact) mass is 652 g/mol. The molecule has 16 heteroatoms. The van der Waals surface area contributed by atoms with Crippen LogP contribution in [0.2, 0.25) is 10.0 Å². The van der Waals surface area contributed by atoms with Crippen molar-refractivity contribution in [3.8, 4) is 0 Å². The van der Waals surface area contributed by atoms with E-state index in [0.717, 1.165) is 0 Å². The van der Waals surface area contributed by atoms with Crippen molar-refractivity contribution in [2.24, 2.45) is 0 Å². The lowest BCUT2D eigenvalue weighted by molar-refractivity contribution is -0.144. The van der Waals surface area contributed by atoms with Crippen LogP contribution in [0.5, 0.6) is 0 Å². The molecule has 0 amide bonds. The lowest BCUT2D eigenvalue weighted by atomic mass is 10.1. The Hall–Kier alpha value is -0.860. The van der Waals surface area contributed by atoms with Gasteiger partial charge in [0.15, 0.2) is 0 Å². The minimum atomic E-state index is -4.93. The molecule has 32 heavy (non-hydrogen) atoms. The van der Waals surface area contributed by atoms with E-state index in [1.807, 2.05) is 0 Å². The minimum Gasteiger partial charge on any atom is -0.166 e. The van der Waals surface area contributed by atoms with E-state index in [-0.39, 0.29) is 12.1 Å². The first kappa shape index (κ1) is 29.2. The van der Waals surface area contributed by atoms with Gasteiger partial charge < -0.3 is 0 Å². The second-order valence-corrected chi connectivity index (χ2v) is 8.09. The standard InChI is InChI=1S/2C8H2BrClF6/c2*9-5-2-3(7(11,12)13)1-4(6(5)10)8(14,15)16/h2*1-2H. The van der Waals surface area contributed by atoms with Gasteiger partial charge in [-0.05, 0) is 56.1 Å². The second-order valence-electron chi connectivity index (χ2n) is 5.63. The number of hydrogen-bond donors (Lipinski definition) is 0. The maximum absolute atomic E-state index is 12.3. The van der Waals surface area contributed by atoms with Crippen molar-refractivity contribution < 1.29 is 52.7 Å². The van der Waals surface area contributed by atoms with Crippen LogP contribution in [-0.2, 0) is 24.7 Å². The van der Waals surface area contributed by atoms with Gasteiger partial charge in [-0.3, -0.25) is 0 Å². The van der Waals surface area contributed by atoms with Gasteiger partial charge in [0, 0.05) is 8.95 Å². The van der Waals surface area contributed by atoms with Crippen molar-refractivity contribution in [3.05, 3.63) is 65.5 Å². The molecule has 2 aromatic rings. The Bertz CT molecular complexity index is 896. The summed E-state index contributed by atoms with van der Waals surface area (Å²) in [4.78, 5) is 0. The summed E-state index contributed by atoms with van der Waals surface area (Å²) in [6.07, 6.45) is -19.6. The smallest absolute Gasteiger partial charge is 0.166 e. The molecule has 180 valence electrons. The predicted octanol–water partition coefficient (Wildman–Crippen LogP) is 10.3. The van der Waals surface area contributed by atoms with Gasteiger partial charge in [0.1, 0.15) is 0 Å². The van der Waals surface area contributed by atoms with Gasteiger partial charge in [0.2, 0.25) is 0 Å². The van der Waals surface area contributed by atoms with Crippen LogP contribution >= 0.6 is 55.1 Å². The Morgan fingerprint density at radius 1 is 0.469 bits per heavy atom. The van der Waals surface area contributed by atoms with Crippen LogP contribution in [0.15, 0.2) is 33.2 Å². The topological polar surface area (TPSA) is 0 Å². The molecular weight excluding hydrogens is 651 g/mol. The first-order valence-corrected chi connectivity index (χ1v) is 9.68. The van der Waals surface area contributed by atoms with Crippen LogP contribution in [0.3, 0.4) is 0 Å². The second kappa shape index (κ2) is 9.79. The molecule has 0 spiro atoms. The molecule has 0 aliphatic carbocycles. The molecule has 0 bridgehead atoms. The Kier molecular flexibility index (Phi) is 8.92. The van der Waals surface area contributed by atoms with Gasteiger partial charge in [0.05, 0.1) is 32.3 Å². The van der Waals surface area contributed by atoms with Crippen molar-refractivity contribution in [1.82, 2.24) is 0 Å². The minimum absolute atomic E-state index is 0.0207. The Morgan fingerprint density at radius 3 is 0.906 bits per heavy atom. The molecule has 2 aromatic carbocycles. The molecule has 0 saturated heterocycles. The van der Waals surface area contributed by atoms with Crippen LogP contribution in [0.25, 0.3) is 0 Å². The first-order chi connectivity index (χ1) is 14.1. The molecule has 0 unspecified atom stereocenters. The predicted molar refractivity (Wildman–Crippen MR) is 98.3 cm³/mol. The fourth-order valence-corrected chi connectivity index (χ4v) is 3.27. The van der Waals surface area contributed by atoms with Crippen LogP contribution in [0.1, 0.15) is 22.3 Å². The highest BCUT2D eigenvalue weighted by atomic mass is 79.9. The zero-order valence-electron chi connectivity index (χ0n) is 14.4. The van der Waals surface area contributed by atoms with Gasteiger partial charge in [-0.1, -0.05) is 23.2 Å². The molecule has 0 aliphatic heterocycles. The highest BCUT2D eigenvalue weighted by Crippen LogP contribution is 2.43. The third kappa shape index (κ3) is 7.59. The van der Waals surface area contributed by atoms with Gasteiger partial charge in [0.25, 0.3) is 0 Å². The van der Waals surface area contributed by atoms with Crippen molar-refractivity contribution >= 4 is 55.1 Å². The molecular formula is C16H4Br2Cl2F12. The zero-order chi connectivity index (χ0) is 25.4. The molecule has 0 saturated carbocycles. The summed E-state index contributed by atoms with van der Waals surface area (Å²) in [5.74, 6) is 0. The van der Waals surface area contributed by atoms with E-state index in [9.17, 15) is 52.7 Å². The molecule has 0 heterocycles.